The van der Waals surface area contributed by atoms with Crippen LogP contribution < -0.4 is 5.32 Å². The normalized spacial score (nSPS) is 13.1. The molecule has 0 amide bonds. The molecule has 0 spiro atoms. The summed E-state index contributed by atoms with van der Waals surface area (Å²) in [5.41, 5.74) is 1.78. The first-order valence-corrected chi connectivity index (χ1v) is 6.54. The third kappa shape index (κ3) is 4.47. The molecule has 0 saturated carbocycles. The zero-order valence-corrected chi connectivity index (χ0v) is 11.4. The maximum atomic E-state index is 13.6. The number of aryl methyl sites for hydroxylation is 1. The van der Waals surface area contributed by atoms with Gasteiger partial charge in [0.1, 0.15) is 5.82 Å². The van der Waals surface area contributed by atoms with E-state index in [0.29, 0.717) is 11.5 Å². The Morgan fingerprint density at radius 1 is 1.24 bits per heavy atom. The fraction of sp³-hybridized carbons (Fsp3) is 0.600. The Bertz CT molecular complexity index is 347. The molecule has 1 aromatic carbocycles. The average molecular weight is 237 g/mol. The van der Waals surface area contributed by atoms with Crippen LogP contribution in [0.4, 0.5) is 4.39 Å². The minimum atomic E-state index is -0.102. The summed E-state index contributed by atoms with van der Waals surface area (Å²) in [5, 5.41) is 3.43. The van der Waals surface area contributed by atoms with E-state index in [1.807, 2.05) is 12.1 Å². The Balaban J connectivity index is 2.77. The van der Waals surface area contributed by atoms with Crippen molar-refractivity contribution in [1.29, 1.82) is 0 Å². The van der Waals surface area contributed by atoms with E-state index in [0.717, 1.165) is 24.9 Å². The van der Waals surface area contributed by atoms with Crippen LogP contribution in [-0.4, -0.2) is 6.54 Å². The van der Waals surface area contributed by atoms with Gasteiger partial charge in [0, 0.05) is 6.04 Å². The molecule has 1 atom stereocenters. The molecule has 17 heavy (non-hydrogen) atoms. The molecule has 96 valence electrons. The van der Waals surface area contributed by atoms with Crippen molar-refractivity contribution in [2.45, 2.75) is 46.6 Å². The largest absolute Gasteiger partial charge is 0.310 e. The quantitative estimate of drug-likeness (QED) is 0.781. The second-order valence-corrected chi connectivity index (χ2v) is 5.09. The summed E-state index contributed by atoms with van der Waals surface area (Å²) in [6.45, 7) is 9.25. The minimum Gasteiger partial charge on any atom is -0.310 e. The molecule has 1 aromatic rings. The highest BCUT2D eigenvalue weighted by atomic mass is 19.1. The third-order valence-electron chi connectivity index (χ3n) is 3.08. The fourth-order valence-corrected chi connectivity index (χ4v) is 1.96. The van der Waals surface area contributed by atoms with Crippen LogP contribution in [0.15, 0.2) is 18.2 Å². The molecule has 0 radical (unpaired) electrons. The zero-order chi connectivity index (χ0) is 12.8. The molecule has 1 unspecified atom stereocenters. The van der Waals surface area contributed by atoms with Gasteiger partial charge < -0.3 is 5.32 Å². The third-order valence-corrected chi connectivity index (χ3v) is 3.08. The van der Waals surface area contributed by atoms with E-state index in [9.17, 15) is 4.39 Å². The first-order chi connectivity index (χ1) is 8.04. The monoisotopic (exact) mass is 237 g/mol. The van der Waals surface area contributed by atoms with E-state index in [1.165, 1.54) is 0 Å². The van der Waals surface area contributed by atoms with E-state index in [4.69, 9.17) is 0 Å². The Morgan fingerprint density at radius 3 is 2.47 bits per heavy atom. The van der Waals surface area contributed by atoms with E-state index in [1.54, 1.807) is 13.0 Å². The molecular weight excluding hydrogens is 213 g/mol. The standard InChI is InChI=1S/C15H24FN/c1-5-17-15(9-6-11(2)3)13-8-7-12(4)14(16)10-13/h7-8,10-11,15,17H,5-6,9H2,1-4H3. The molecule has 0 saturated heterocycles. The molecule has 1 N–H and O–H groups in total. The van der Waals surface area contributed by atoms with E-state index >= 15 is 0 Å². The van der Waals surface area contributed by atoms with Crippen LogP contribution >= 0.6 is 0 Å². The van der Waals surface area contributed by atoms with Gasteiger partial charge in [-0.2, -0.15) is 0 Å². The van der Waals surface area contributed by atoms with Crippen molar-refractivity contribution >= 4 is 0 Å². The number of hydrogen-bond donors (Lipinski definition) is 1. The molecule has 0 bridgehead atoms. The van der Waals surface area contributed by atoms with Gasteiger partial charge in [-0.05, 0) is 49.4 Å². The molecule has 0 aliphatic rings. The Labute approximate surface area is 104 Å². The Hall–Kier alpha value is -0.890. The maximum absolute atomic E-state index is 13.6. The van der Waals surface area contributed by atoms with Crippen LogP contribution in [0.1, 0.15) is 50.8 Å². The molecule has 0 aliphatic heterocycles. The number of halogens is 1. The smallest absolute Gasteiger partial charge is 0.126 e. The fourth-order valence-electron chi connectivity index (χ4n) is 1.96. The van der Waals surface area contributed by atoms with Crippen LogP contribution in [0, 0.1) is 18.7 Å². The summed E-state index contributed by atoms with van der Waals surface area (Å²) in [4.78, 5) is 0. The highest BCUT2D eigenvalue weighted by Gasteiger charge is 2.12. The van der Waals surface area contributed by atoms with Crippen LogP contribution in [-0.2, 0) is 0 Å². The highest BCUT2D eigenvalue weighted by Crippen LogP contribution is 2.22. The van der Waals surface area contributed by atoms with Gasteiger partial charge in [-0.15, -0.1) is 0 Å². The van der Waals surface area contributed by atoms with Crippen LogP contribution in [0.2, 0.25) is 0 Å². The Morgan fingerprint density at radius 2 is 1.94 bits per heavy atom. The van der Waals surface area contributed by atoms with Gasteiger partial charge in [-0.1, -0.05) is 32.9 Å². The summed E-state index contributed by atoms with van der Waals surface area (Å²) >= 11 is 0. The lowest BCUT2D eigenvalue weighted by atomic mass is 9.97. The molecule has 2 heteroatoms. The van der Waals surface area contributed by atoms with Crippen LogP contribution in [0.3, 0.4) is 0 Å². The topological polar surface area (TPSA) is 12.0 Å². The van der Waals surface area contributed by atoms with Crippen LogP contribution in [0.5, 0.6) is 0 Å². The second kappa shape index (κ2) is 6.75. The first-order valence-electron chi connectivity index (χ1n) is 6.54. The van der Waals surface area contributed by atoms with Gasteiger partial charge in [-0.25, -0.2) is 4.39 Å². The van der Waals surface area contributed by atoms with Crippen molar-refractivity contribution in [1.82, 2.24) is 5.32 Å². The predicted octanol–water partition coefficient (Wildman–Crippen LogP) is 4.22. The number of nitrogens with one attached hydrogen (secondary N) is 1. The summed E-state index contributed by atoms with van der Waals surface area (Å²) in [6, 6.07) is 5.84. The van der Waals surface area contributed by atoms with Gasteiger partial charge in [0.15, 0.2) is 0 Å². The molecular formula is C15H24FN. The van der Waals surface area contributed by atoms with Gasteiger partial charge in [0.05, 0.1) is 0 Å². The van der Waals surface area contributed by atoms with Crippen molar-refractivity contribution < 1.29 is 4.39 Å². The van der Waals surface area contributed by atoms with Gasteiger partial charge in [0.25, 0.3) is 0 Å². The lowest BCUT2D eigenvalue weighted by Crippen LogP contribution is -2.21. The maximum Gasteiger partial charge on any atom is 0.126 e. The van der Waals surface area contributed by atoms with Crippen molar-refractivity contribution in [2.24, 2.45) is 5.92 Å². The van der Waals surface area contributed by atoms with Crippen molar-refractivity contribution in [3.63, 3.8) is 0 Å². The molecule has 0 aliphatic carbocycles. The van der Waals surface area contributed by atoms with Crippen molar-refractivity contribution in [3.05, 3.63) is 35.1 Å². The predicted molar refractivity (Wildman–Crippen MR) is 71.6 cm³/mol. The number of benzene rings is 1. The lowest BCUT2D eigenvalue weighted by Gasteiger charge is -2.19. The number of hydrogen-bond acceptors (Lipinski definition) is 1. The number of rotatable bonds is 6. The average Bonchev–Trinajstić information content (AvgIpc) is 2.28. The molecule has 1 nitrogen and oxygen atoms in total. The van der Waals surface area contributed by atoms with E-state index in [2.05, 4.69) is 26.1 Å². The highest BCUT2D eigenvalue weighted by molar-refractivity contribution is 5.25. The zero-order valence-electron chi connectivity index (χ0n) is 11.4. The van der Waals surface area contributed by atoms with Crippen molar-refractivity contribution in [2.75, 3.05) is 6.54 Å². The van der Waals surface area contributed by atoms with Gasteiger partial charge >= 0.3 is 0 Å². The molecule has 0 aromatic heterocycles. The van der Waals surface area contributed by atoms with Gasteiger partial charge in [-0.3, -0.25) is 0 Å². The second-order valence-electron chi connectivity index (χ2n) is 5.09. The SMILES string of the molecule is CCNC(CCC(C)C)c1ccc(C)c(F)c1. The molecule has 0 heterocycles. The summed E-state index contributed by atoms with van der Waals surface area (Å²) < 4.78 is 13.6. The van der Waals surface area contributed by atoms with Gasteiger partial charge in [0.2, 0.25) is 0 Å². The van der Waals surface area contributed by atoms with E-state index < -0.39 is 0 Å². The lowest BCUT2D eigenvalue weighted by molar-refractivity contribution is 0.446. The summed E-state index contributed by atoms with van der Waals surface area (Å²) in [5.74, 6) is 0.585. The minimum absolute atomic E-state index is 0.102. The summed E-state index contributed by atoms with van der Waals surface area (Å²) in [7, 11) is 0. The van der Waals surface area contributed by atoms with Crippen molar-refractivity contribution in [3.8, 4) is 0 Å². The summed E-state index contributed by atoms with van der Waals surface area (Å²) in [6.07, 6.45) is 2.22. The molecule has 1 rings (SSSR count). The first kappa shape index (κ1) is 14.2. The van der Waals surface area contributed by atoms with E-state index in [-0.39, 0.29) is 11.9 Å². The Kier molecular flexibility index (Phi) is 5.63. The van der Waals surface area contributed by atoms with Crippen LogP contribution in [0.25, 0.3) is 0 Å². The molecule has 0 fully saturated rings.